The van der Waals surface area contributed by atoms with Gasteiger partial charge in [0.25, 0.3) is 0 Å². The van der Waals surface area contributed by atoms with Crippen LogP contribution in [0.3, 0.4) is 0 Å². The third-order valence-electron chi connectivity index (χ3n) is 3.72. The van der Waals surface area contributed by atoms with Gasteiger partial charge >= 0.3 is 0 Å². The van der Waals surface area contributed by atoms with Crippen LogP contribution in [-0.2, 0) is 4.74 Å². The van der Waals surface area contributed by atoms with E-state index >= 15 is 0 Å². The van der Waals surface area contributed by atoms with Crippen molar-refractivity contribution in [2.45, 2.75) is 25.0 Å². The summed E-state index contributed by atoms with van der Waals surface area (Å²) in [6.07, 6.45) is 1.92. The number of ether oxygens (including phenoxy) is 1. The molecule has 0 spiro atoms. The Hall–Kier alpha value is -1.41. The molecule has 2 rings (SSSR count). The highest BCUT2D eigenvalue weighted by molar-refractivity contribution is 5.32. The number of rotatable bonds is 4. The molecule has 0 bridgehead atoms. The van der Waals surface area contributed by atoms with E-state index < -0.39 is 6.10 Å². The number of hydrogen-bond donors (Lipinski definition) is 1. The smallest absolute Gasteiger partial charge is 0.0991 e. The minimum atomic E-state index is -0.494. The first-order valence-corrected chi connectivity index (χ1v) is 6.66. The molecule has 0 radical (unpaired) electrons. The monoisotopic (exact) mass is 260 g/mol. The lowest BCUT2D eigenvalue weighted by Crippen LogP contribution is -2.38. The van der Waals surface area contributed by atoms with Crippen molar-refractivity contribution in [1.29, 1.82) is 5.26 Å². The molecule has 0 aromatic heterocycles. The number of likely N-dealkylation sites (tertiary alicyclic amines) is 1. The van der Waals surface area contributed by atoms with Crippen molar-refractivity contribution >= 4 is 0 Å². The van der Waals surface area contributed by atoms with Gasteiger partial charge in [-0.1, -0.05) is 12.1 Å². The second kappa shape index (κ2) is 6.67. The minimum Gasteiger partial charge on any atom is -0.387 e. The number of methoxy groups -OCH3 is 1. The van der Waals surface area contributed by atoms with E-state index in [-0.39, 0.29) is 0 Å². The molecule has 1 aliphatic rings. The highest BCUT2D eigenvalue weighted by Crippen LogP contribution is 2.19. The highest BCUT2D eigenvalue weighted by atomic mass is 16.5. The fraction of sp³-hybridized carbons (Fsp3) is 0.533. The van der Waals surface area contributed by atoms with Gasteiger partial charge in [-0.2, -0.15) is 5.26 Å². The molecule has 1 fully saturated rings. The molecule has 102 valence electrons. The van der Waals surface area contributed by atoms with Crippen LogP contribution >= 0.6 is 0 Å². The molecule has 0 aliphatic carbocycles. The number of β-amino-alcohol motifs (C(OH)–C–C–N with tert-alkyl or cyclic N) is 1. The number of benzene rings is 1. The van der Waals surface area contributed by atoms with Crippen molar-refractivity contribution in [3.05, 3.63) is 35.4 Å². The van der Waals surface area contributed by atoms with E-state index in [1.54, 1.807) is 19.2 Å². The molecule has 0 amide bonds. The van der Waals surface area contributed by atoms with Crippen LogP contribution in [0, 0.1) is 11.3 Å². The number of aliphatic hydroxyl groups excluding tert-OH is 1. The first-order chi connectivity index (χ1) is 9.22. The Labute approximate surface area is 114 Å². The molecule has 1 heterocycles. The summed E-state index contributed by atoms with van der Waals surface area (Å²) in [7, 11) is 1.76. The minimum absolute atomic E-state index is 0.364. The molecule has 0 saturated carbocycles. The Morgan fingerprint density at radius 1 is 1.37 bits per heavy atom. The largest absolute Gasteiger partial charge is 0.387 e. The SMILES string of the molecule is COC1CCN(CC(O)c2ccc(C#N)cc2)CC1. The lowest BCUT2D eigenvalue weighted by atomic mass is 10.0. The summed E-state index contributed by atoms with van der Waals surface area (Å²) in [5, 5.41) is 18.9. The van der Waals surface area contributed by atoms with E-state index in [0.29, 0.717) is 18.2 Å². The maximum Gasteiger partial charge on any atom is 0.0991 e. The normalized spacial score (nSPS) is 19.0. The van der Waals surface area contributed by atoms with Gasteiger partial charge in [0, 0.05) is 26.7 Å². The van der Waals surface area contributed by atoms with Gasteiger partial charge in [-0.3, -0.25) is 0 Å². The van der Waals surface area contributed by atoms with Gasteiger partial charge in [-0.05, 0) is 30.5 Å². The van der Waals surface area contributed by atoms with Crippen LogP contribution in [0.25, 0.3) is 0 Å². The maximum absolute atomic E-state index is 10.2. The van der Waals surface area contributed by atoms with Crippen LogP contribution in [0.4, 0.5) is 0 Å². The van der Waals surface area contributed by atoms with Crippen LogP contribution in [0.15, 0.2) is 24.3 Å². The molecule has 4 heteroatoms. The van der Waals surface area contributed by atoms with Crippen molar-refractivity contribution in [2.75, 3.05) is 26.7 Å². The van der Waals surface area contributed by atoms with Crippen LogP contribution in [0.5, 0.6) is 0 Å². The summed E-state index contributed by atoms with van der Waals surface area (Å²) in [5.74, 6) is 0. The first-order valence-electron chi connectivity index (χ1n) is 6.66. The number of aliphatic hydroxyl groups is 1. The van der Waals surface area contributed by atoms with Crippen molar-refractivity contribution in [3.63, 3.8) is 0 Å². The van der Waals surface area contributed by atoms with Gasteiger partial charge in [0.1, 0.15) is 0 Å². The molecule has 1 unspecified atom stereocenters. The number of nitrogens with zero attached hydrogens (tertiary/aromatic N) is 2. The average Bonchev–Trinajstić information content (AvgIpc) is 2.48. The van der Waals surface area contributed by atoms with E-state index in [9.17, 15) is 5.11 Å². The zero-order valence-corrected chi connectivity index (χ0v) is 11.2. The van der Waals surface area contributed by atoms with Gasteiger partial charge in [0.05, 0.1) is 23.8 Å². The Balaban J connectivity index is 1.87. The van der Waals surface area contributed by atoms with Crippen molar-refractivity contribution in [1.82, 2.24) is 4.90 Å². The maximum atomic E-state index is 10.2. The molecule has 1 aliphatic heterocycles. The molecule has 1 aromatic carbocycles. The Kier molecular flexibility index (Phi) is 4.92. The highest BCUT2D eigenvalue weighted by Gasteiger charge is 2.21. The summed E-state index contributed by atoms with van der Waals surface area (Å²) >= 11 is 0. The Morgan fingerprint density at radius 3 is 2.53 bits per heavy atom. The predicted molar refractivity (Wildman–Crippen MR) is 72.6 cm³/mol. The Morgan fingerprint density at radius 2 is 2.00 bits per heavy atom. The van der Waals surface area contributed by atoms with Gasteiger partial charge in [0.15, 0.2) is 0 Å². The van der Waals surface area contributed by atoms with Gasteiger partial charge in [0.2, 0.25) is 0 Å². The quantitative estimate of drug-likeness (QED) is 0.895. The number of hydrogen-bond acceptors (Lipinski definition) is 4. The molecule has 1 atom stereocenters. The molecule has 1 saturated heterocycles. The standard InChI is InChI=1S/C15H20N2O2/c1-19-14-6-8-17(9-7-14)11-15(18)13-4-2-12(10-16)3-5-13/h2-5,14-15,18H,6-9,11H2,1H3. The van der Waals surface area contributed by atoms with E-state index in [1.807, 2.05) is 12.1 Å². The topological polar surface area (TPSA) is 56.5 Å². The second-order valence-corrected chi connectivity index (χ2v) is 4.99. The summed E-state index contributed by atoms with van der Waals surface area (Å²) < 4.78 is 5.33. The summed E-state index contributed by atoms with van der Waals surface area (Å²) in [6.45, 7) is 2.57. The van der Waals surface area contributed by atoms with Crippen molar-refractivity contribution < 1.29 is 9.84 Å². The molecule has 4 nitrogen and oxygen atoms in total. The second-order valence-electron chi connectivity index (χ2n) is 4.99. The van der Waals surface area contributed by atoms with Crippen LogP contribution in [-0.4, -0.2) is 42.9 Å². The molecule has 1 N–H and O–H groups in total. The first kappa shape index (κ1) is 14.0. The number of piperidine rings is 1. The summed E-state index contributed by atoms with van der Waals surface area (Å²) in [4.78, 5) is 2.26. The lowest BCUT2D eigenvalue weighted by Gasteiger charge is -2.32. The lowest BCUT2D eigenvalue weighted by molar-refractivity contribution is 0.0242. The fourth-order valence-corrected chi connectivity index (χ4v) is 2.46. The van der Waals surface area contributed by atoms with Gasteiger partial charge in [-0.15, -0.1) is 0 Å². The van der Waals surface area contributed by atoms with Gasteiger partial charge < -0.3 is 14.7 Å². The molecule has 1 aromatic rings. The van der Waals surface area contributed by atoms with Crippen molar-refractivity contribution in [3.8, 4) is 6.07 Å². The van der Waals surface area contributed by atoms with Gasteiger partial charge in [-0.25, -0.2) is 0 Å². The average molecular weight is 260 g/mol. The number of nitriles is 1. The molecular weight excluding hydrogens is 240 g/mol. The van der Waals surface area contributed by atoms with E-state index in [0.717, 1.165) is 31.5 Å². The van der Waals surface area contributed by atoms with E-state index in [4.69, 9.17) is 10.00 Å². The van der Waals surface area contributed by atoms with E-state index in [2.05, 4.69) is 11.0 Å². The zero-order valence-electron chi connectivity index (χ0n) is 11.2. The zero-order chi connectivity index (χ0) is 13.7. The molecule has 19 heavy (non-hydrogen) atoms. The van der Waals surface area contributed by atoms with Crippen LogP contribution in [0.2, 0.25) is 0 Å². The summed E-state index contributed by atoms with van der Waals surface area (Å²) in [5.41, 5.74) is 1.49. The van der Waals surface area contributed by atoms with E-state index in [1.165, 1.54) is 0 Å². The van der Waals surface area contributed by atoms with Crippen LogP contribution in [0.1, 0.15) is 30.1 Å². The fourth-order valence-electron chi connectivity index (χ4n) is 2.46. The third-order valence-corrected chi connectivity index (χ3v) is 3.72. The third kappa shape index (κ3) is 3.77. The Bertz CT molecular complexity index is 430. The molecular formula is C15H20N2O2. The predicted octanol–water partition coefficient (Wildman–Crippen LogP) is 1.70. The summed E-state index contributed by atoms with van der Waals surface area (Å²) in [6, 6.07) is 9.22. The van der Waals surface area contributed by atoms with Crippen LogP contribution < -0.4 is 0 Å². The van der Waals surface area contributed by atoms with Crippen molar-refractivity contribution in [2.24, 2.45) is 0 Å².